The number of esters is 1. The molecule has 2 aromatic heterocycles. The summed E-state index contributed by atoms with van der Waals surface area (Å²) >= 11 is 0. The molecule has 5 atom stereocenters. The number of nitrogens with two attached hydrogens (primary N) is 2. The van der Waals surface area contributed by atoms with Gasteiger partial charge in [0.15, 0.2) is 17.7 Å². The highest BCUT2D eigenvalue weighted by atomic mass is 16.6. The van der Waals surface area contributed by atoms with Gasteiger partial charge in [0.2, 0.25) is 0 Å². The van der Waals surface area contributed by atoms with Crippen LogP contribution in [0.4, 0.5) is 5.82 Å². The first-order chi connectivity index (χ1) is 12.8. The number of nitrogen functional groups attached to an aromatic ring is 1. The SMILES string of the molecule is Nc1ncnc2c1ncn2[C@@H]1O[C@H](COC(=O)C[C@H](N)C(=O)O)[C@H](O)[C@H]1O. The second kappa shape index (κ2) is 7.40. The van der Waals surface area contributed by atoms with E-state index < -0.39 is 55.5 Å². The molecule has 0 radical (unpaired) electrons. The molecule has 3 heterocycles. The van der Waals surface area contributed by atoms with Gasteiger partial charge < -0.3 is 36.3 Å². The van der Waals surface area contributed by atoms with Crippen LogP contribution in [-0.4, -0.2) is 77.7 Å². The Morgan fingerprint density at radius 3 is 2.74 bits per heavy atom. The number of rotatable bonds is 6. The zero-order valence-electron chi connectivity index (χ0n) is 13.9. The van der Waals surface area contributed by atoms with Crippen molar-refractivity contribution >= 4 is 28.9 Å². The van der Waals surface area contributed by atoms with Gasteiger partial charge >= 0.3 is 11.9 Å². The molecule has 13 nitrogen and oxygen atoms in total. The molecule has 0 aromatic carbocycles. The third-order valence-corrected chi connectivity index (χ3v) is 4.11. The molecule has 7 N–H and O–H groups in total. The summed E-state index contributed by atoms with van der Waals surface area (Å²) in [4.78, 5) is 34.2. The van der Waals surface area contributed by atoms with Gasteiger partial charge in [-0.15, -0.1) is 0 Å². The maximum atomic E-state index is 11.6. The lowest BCUT2D eigenvalue weighted by atomic mass is 10.1. The lowest BCUT2D eigenvalue weighted by Gasteiger charge is -2.16. The second-order valence-electron chi connectivity index (χ2n) is 5.96. The van der Waals surface area contributed by atoms with E-state index in [0.29, 0.717) is 11.2 Å². The molecule has 13 heteroatoms. The van der Waals surface area contributed by atoms with Crippen molar-refractivity contribution in [2.45, 2.75) is 37.0 Å². The Labute approximate surface area is 151 Å². The van der Waals surface area contributed by atoms with E-state index in [4.69, 9.17) is 26.0 Å². The molecular formula is C14H18N6O7. The highest BCUT2D eigenvalue weighted by Crippen LogP contribution is 2.32. The number of aromatic nitrogens is 4. The molecule has 0 unspecified atom stereocenters. The van der Waals surface area contributed by atoms with E-state index >= 15 is 0 Å². The summed E-state index contributed by atoms with van der Waals surface area (Å²) < 4.78 is 11.8. The van der Waals surface area contributed by atoms with Gasteiger partial charge in [0.25, 0.3) is 0 Å². The van der Waals surface area contributed by atoms with Crippen LogP contribution in [0.3, 0.4) is 0 Å². The van der Waals surface area contributed by atoms with E-state index in [-0.39, 0.29) is 5.82 Å². The van der Waals surface area contributed by atoms with Gasteiger partial charge in [0, 0.05) is 0 Å². The molecule has 0 saturated carbocycles. The van der Waals surface area contributed by atoms with Gasteiger partial charge in [-0.3, -0.25) is 14.2 Å². The first kappa shape index (κ1) is 18.9. The Morgan fingerprint density at radius 1 is 1.30 bits per heavy atom. The smallest absolute Gasteiger partial charge is 0.321 e. The van der Waals surface area contributed by atoms with E-state index in [2.05, 4.69) is 15.0 Å². The van der Waals surface area contributed by atoms with E-state index in [9.17, 15) is 19.8 Å². The third kappa shape index (κ3) is 3.66. The number of aliphatic hydroxyl groups excluding tert-OH is 2. The maximum absolute atomic E-state index is 11.6. The number of ether oxygens (including phenoxy) is 2. The monoisotopic (exact) mass is 382 g/mol. The Balaban J connectivity index is 1.68. The van der Waals surface area contributed by atoms with Gasteiger partial charge in [-0.05, 0) is 0 Å². The summed E-state index contributed by atoms with van der Waals surface area (Å²) in [6.45, 7) is -0.399. The lowest BCUT2D eigenvalue weighted by molar-refractivity contribution is -0.153. The summed E-state index contributed by atoms with van der Waals surface area (Å²) in [7, 11) is 0. The molecule has 1 aliphatic rings. The fourth-order valence-corrected chi connectivity index (χ4v) is 2.65. The number of carbonyl (C=O) groups excluding carboxylic acids is 1. The summed E-state index contributed by atoms with van der Waals surface area (Å²) in [6, 6.07) is -1.40. The maximum Gasteiger partial charge on any atom is 0.321 e. The molecular weight excluding hydrogens is 364 g/mol. The summed E-state index contributed by atoms with van der Waals surface area (Å²) in [5, 5.41) is 29.1. The summed E-state index contributed by atoms with van der Waals surface area (Å²) in [5.41, 5.74) is 11.6. The molecule has 0 spiro atoms. The zero-order chi connectivity index (χ0) is 19.7. The molecule has 27 heavy (non-hydrogen) atoms. The van der Waals surface area contributed by atoms with Crippen LogP contribution in [0.5, 0.6) is 0 Å². The fourth-order valence-electron chi connectivity index (χ4n) is 2.65. The minimum absolute atomic E-state index is 0.145. The van der Waals surface area contributed by atoms with Crippen LogP contribution >= 0.6 is 0 Å². The molecule has 146 valence electrons. The third-order valence-electron chi connectivity index (χ3n) is 4.11. The Hall–Kier alpha value is -2.87. The van der Waals surface area contributed by atoms with Crippen LogP contribution in [0.25, 0.3) is 11.2 Å². The van der Waals surface area contributed by atoms with Crippen molar-refractivity contribution < 1.29 is 34.4 Å². The van der Waals surface area contributed by atoms with Gasteiger partial charge in [0.05, 0.1) is 12.7 Å². The topological polar surface area (TPSA) is 209 Å². The van der Waals surface area contributed by atoms with Crippen molar-refractivity contribution in [2.75, 3.05) is 12.3 Å². The van der Waals surface area contributed by atoms with E-state index in [1.807, 2.05) is 0 Å². The normalized spacial score (nSPS) is 26.2. The highest BCUT2D eigenvalue weighted by molar-refractivity contribution is 5.81. The molecule has 2 aromatic rings. The van der Waals surface area contributed by atoms with Crippen molar-refractivity contribution in [3.63, 3.8) is 0 Å². The molecule has 0 amide bonds. The van der Waals surface area contributed by atoms with E-state index in [1.165, 1.54) is 17.2 Å². The molecule has 0 aliphatic carbocycles. The predicted octanol–water partition coefficient (Wildman–Crippen LogP) is -2.63. The van der Waals surface area contributed by atoms with Crippen LogP contribution in [0, 0.1) is 0 Å². The van der Waals surface area contributed by atoms with Crippen LogP contribution in [-0.2, 0) is 19.1 Å². The van der Waals surface area contributed by atoms with Crippen molar-refractivity contribution in [1.82, 2.24) is 19.5 Å². The number of hydrogen-bond donors (Lipinski definition) is 5. The van der Waals surface area contributed by atoms with Gasteiger partial charge in [-0.25, -0.2) is 15.0 Å². The van der Waals surface area contributed by atoms with Crippen molar-refractivity contribution in [3.05, 3.63) is 12.7 Å². The second-order valence-corrected chi connectivity index (χ2v) is 5.96. The van der Waals surface area contributed by atoms with Crippen molar-refractivity contribution in [3.8, 4) is 0 Å². The number of nitrogens with zero attached hydrogens (tertiary/aromatic N) is 4. The zero-order valence-corrected chi connectivity index (χ0v) is 13.9. The molecule has 3 rings (SSSR count). The molecule has 0 bridgehead atoms. The van der Waals surface area contributed by atoms with Gasteiger partial charge in [-0.2, -0.15) is 0 Å². The largest absolute Gasteiger partial charge is 0.480 e. The van der Waals surface area contributed by atoms with Crippen molar-refractivity contribution in [1.29, 1.82) is 0 Å². The van der Waals surface area contributed by atoms with Crippen LogP contribution in [0.2, 0.25) is 0 Å². The molecule has 1 aliphatic heterocycles. The fraction of sp³-hybridized carbons (Fsp3) is 0.500. The van der Waals surface area contributed by atoms with Crippen LogP contribution in [0.15, 0.2) is 12.7 Å². The number of hydrogen-bond acceptors (Lipinski definition) is 11. The quantitative estimate of drug-likeness (QED) is 0.325. The number of fused-ring (bicyclic) bond motifs is 1. The number of aliphatic carboxylic acids is 1. The lowest BCUT2D eigenvalue weighted by Crippen LogP contribution is -2.36. The summed E-state index contributed by atoms with van der Waals surface area (Å²) in [5.74, 6) is -2.06. The number of carboxylic acids is 1. The molecule has 1 saturated heterocycles. The predicted molar refractivity (Wildman–Crippen MR) is 86.8 cm³/mol. The summed E-state index contributed by atoms with van der Waals surface area (Å²) in [6.07, 6.45) is -2.81. The standard InChI is InChI=1S/C14H18N6O7/c15-5(14(24)25)1-7(21)26-2-6-9(22)10(23)13(27-6)20-4-19-8-11(16)17-3-18-12(8)20/h3-6,9-10,13,22-23H,1-2,15H2,(H,24,25)(H2,16,17,18)/t5-,6+,9-,10+,13+/m0/s1. The molecule has 1 fully saturated rings. The average Bonchev–Trinajstić information content (AvgIpc) is 3.16. The van der Waals surface area contributed by atoms with Crippen molar-refractivity contribution in [2.24, 2.45) is 5.73 Å². The minimum Gasteiger partial charge on any atom is -0.480 e. The minimum atomic E-state index is -1.40. The first-order valence-corrected chi connectivity index (χ1v) is 7.88. The van der Waals surface area contributed by atoms with Crippen LogP contribution < -0.4 is 11.5 Å². The van der Waals surface area contributed by atoms with Gasteiger partial charge in [0.1, 0.15) is 42.8 Å². The number of aliphatic hydroxyl groups is 2. The average molecular weight is 382 g/mol. The Bertz CT molecular complexity index is 858. The Kier molecular flexibility index (Phi) is 5.18. The van der Waals surface area contributed by atoms with Gasteiger partial charge in [-0.1, -0.05) is 0 Å². The highest BCUT2D eigenvalue weighted by Gasteiger charge is 2.45. The number of carbonyl (C=O) groups is 2. The van der Waals surface area contributed by atoms with E-state index in [0.717, 1.165) is 0 Å². The Morgan fingerprint density at radius 2 is 2.04 bits per heavy atom. The number of imidazole rings is 1. The number of anilines is 1. The van der Waals surface area contributed by atoms with E-state index in [1.54, 1.807) is 0 Å². The first-order valence-electron chi connectivity index (χ1n) is 7.88. The van der Waals surface area contributed by atoms with Crippen LogP contribution in [0.1, 0.15) is 12.6 Å². The number of carboxylic acid groups (broad SMARTS) is 1.